The monoisotopic (exact) mass is 1120 g/mol. The Morgan fingerprint density at radius 2 is 1.65 bits per heavy atom. The number of thiophene rings is 1. The van der Waals surface area contributed by atoms with E-state index in [2.05, 4.69) is 39.7 Å². The molecule has 0 saturated heterocycles. The Morgan fingerprint density at radius 1 is 0.910 bits per heavy atom. The van der Waals surface area contributed by atoms with E-state index in [9.17, 15) is 23.1 Å². The van der Waals surface area contributed by atoms with Gasteiger partial charge in [-0.15, -0.1) is 26.6 Å². The molecule has 0 bridgehead atoms. The van der Waals surface area contributed by atoms with Crippen molar-refractivity contribution in [3.63, 3.8) is 0 Å². The van der Waals surface area contributed by atoms with Gasteiger partial charge < -0.3 is 34.1 Å². The lowest BCUT2D eigenvalue weighted by molar-refractivity contribution is -0.137. The van der Waals surface area contributed by atoms with Gasteiger partial charge in [-0.1, -0.05) is 53.2 Å². The molecule has 19 nitrogen and oxygen atoms in total. The summed E-state index contributed by atoms with van der Waals surface area (Å²) in [6.45, 7) is 12.6. The van der Waals surface area contributed by atoms with E-state index in [1.165, 1.54) is 9.18 Å². The van der Waals surface area contributed by atoms with E-state index in [0.29, 0.717) is 98.0 Å². The maximum atomic E-state index is 14.3. The third kappa shape index (κ3) is 12.5. The number of hydrogen-bond donors (Lipinski definition) is 2. The maximum Gasteiger partial charge on any atom is 0.304 e. The van der Waals surface area contributed by atoms with Crippen molar-refractivity contribution in [3.05, 3.63) is 139 Å². The van der Waals surface area contributed by atoms with Crippen molar-refractivity contribution in [2.24, 2.45) is 12.0 Å². The number of aliphatic imine (C=N–C) groups is 1. The number of fused-ring (bicyclic) bond motifs is 5. The number of benzene rings is 4. The second kappa shape index (κ2) is 24.6. The molecule has 78 heavy (non-hydrogen) atoms. The summed E-state index contributed by atoms with van der Waals surface area (Å²) in [4.78, 5) is 32.0. The molecule has 1 unspecified atom stereocenters. The summed E-state index contributed by atoms with van der Waals surface area (Å²) in [7, 11) is -0.691. The van der Waals surface area contributed by atoms with E-state index in [4.69, 9.17) is 40.3 Å². The molecule has 0 fully saturated rings. The Morgan fingerprint density at radius 3 is 2.40 bits per heavy atom. The van der Waals surface area contributed by atoms with Crippen molar-refractivity contribution >= 4 is 61.6 Å². The Kier molecular flexibility index (Phi) is 17.7. The van der Waals surface area contributed by atoms with Crippen molar-refractivity contribution in [2.75, 3.05) is 59.8 Å². The normalized spacial score (nSPS) is 16.3. The first kappa shape index (κ1) is 56.1. The van der Waals surface area contributed by atoms with E-state index < -0.39 is 34.1 Å². The number of methoxy groups -OCH3 is 1. The molecule has 9 rings (SSSR count). The summed E-state index contributed by atoms with van der Waals surface area (Å²) in [6, 6.07) is 21.5. The SMILES string of the molecule is COc1cc(C(CC(=O)O)c2ccc(C)c(CN3C[C@@H](C)Oc4cc(CCCOCCOCCOCCNC(=O)C[C@@H]5N=C(c6ccc(Cl)cc6)c6c(sc(C)c6C)-n6c(C)nnc65)ccc4S3(=O)=O)c2)cc2nnn(C)c12. The number of sulfonamides is 1. The van der Waals surface area contributed by atoms with Crippen LogP contribution in [-0.4, -0.2) is 131 Å². The van der Waals surface area contributed by atoms with Crippen LogP contribution in [0.3, 0.4) is 0 Å². The number of amides is 1. The van der Waals surface area contributed by atoms with Crippen molar-refractivity contribution < 1.29 is 46.8 Å². The van der Waals surface area contributed by atoms with Crippen LogP contribution in [0.4, 0.5) is 0 Å². The molecule has 2 aliphatic heterocycles. The zero-order valence-corrected chi connectivity index (χ0v) is 47.1. The minimum atomic E-state index is -4.00. The van der Waals surface area contributed by atoms with Crippen molar-refractivity contribution in [1.29, 1.82) is 0 Å². The molecular weight excluding hydrogens is 1060 g/mol. The fourth-order valence-corrected chi connectivity index (χ4v) is 12.8. The highest BCUT2D eigenvalue weighted by atomic mass is 35.5. The van der Waals surface area contributed by atoms with Crippen LogP contribution < -0.4 is 14.8 Å². The third-order valence-electron chi connectivity index (χ3n) is 14.0. The van der Waals surface area contributed by atoms with Gasteiger partial charge in [-0.3, -0.25) is 19.1 Å². The Labute approximate surface area is 462 Å². The topological polar surface area (TPSA) is 224 Å². The van der Waals surface area contributed by atoms with Gasteiger partial charge >= 0.3 is 5.97 Å². The number of aryl methyl sites for hydroxylation is 5. The van der Waals surface area contributed by atoms with Crippen LogP contribution in [0.5, 0.6) is 11.5 Å². The van der Waals surface area contributed by atoms with Gasteiger partial charge in [-0.2, -0.15) is 4.31 Å². The second-order valence-electron chi connectivity index (χ2n) is 19.5. The van der Waals surface area contributed by atoms with Crippen LogP contribution in [0, 0.1) is 27.7 Å². The van der Waals surface area contributed by atoms with Gasteiger partial charge in [0, 0.05) is 53.7 Å². The molecule has 0 spiro atoms. The summed E-state index contributed by atoms with van der Waals surface area (Å²) in [5.41, 5.74) is 9.03. The number of aliphatic carboxylic acids is 1. The van der Waals surface area contributed by atoms with Crippen LogP contribution in [-0.2, 0) is 53.8 Å². The summed E-state index contributed by atoms with van der Waals surface area (Å²) in [5, 5.41) is 31.8. The smallest absolute Gasteiger partial charge is 0.304 e. The van der Waals surface area contributed by atoms with Crippen LogP contribution in [0.1, 0.15) is 99.2 Å². The van der Waals surface area contributed by atoms with Gasteiger partial charge in [0.2, 0.25) is 15.9 Å². The predicted octanol–water partition coefficient (Wildman–Crippen LogP) is 8.17. The Balaban J connectivity index is 0.703. The van der Waals surface area contributed by atoms with Crippen molar-refractivity contribution in [2.45, 2.75) is 89.8 Å². The average Bonchev–Trinajstić information content (AvgIpc) is 4.11. The lowest BCUT2D eigenvalue weighted by Gasteiger charge is -2.24. The van der Waals surface area contributed by atoms with Crippen molar-refractivity contribution in [3.8, 4) is 16.5 Å². The minimum Gasteiger partial charge on any atom is -0.494 e. The van der Waals surface area contributed by atoms with E-state index in [1.807, 2.05) is 86.0 Å². The molecule has 3 atom stereocenters. The first-order valence-corrected chi connectivity index (χ1v) is 28.5. The summed E-state index contributed by atoms with van der Waals surface area (Å²) in [5.74, 6) is 0.430. The molecule has 412 valence electrons. The maximum absolute atomic E-state index is 14.3. The molecule has 0 aliphatic carbocycles. The average molecular weight is 1120 g/mol. The third-order valence-corrected chi connectivity index (χ3v) is 17.3. The second-order valence-corrected chi connectivity index (χ2v) is 23.1. The Hall–Kier alpha value is -6.59. The molecule has 1 amide bonds. The first-order chi connectivity index (χ1) is 37.5. The van der Waals surface area contributed by atoms with Crippen LogP contribution >= 0.6 is 22.9 Å². The quantitative estimate of drug-likeness (QED) is 0.0577. The Bertz CT molecular complexity index is 3470. The standard InChI is InChI=1S/C56H64ClN9O10S2/c1-33-10-12-40(44(29-51(68)69)41-27-45-54(48(28-41)72-7)64(6)63-61-45)26-42(33)32-65-31-34(2)76-47-25-38(11-17-49(47)78(65,70)71)9-8-19-73-21-23-75-24-22-74-20-18-58-50(67)30-46-55-62-60-37(5)66(55)56-52(35(3)36(4)77-56)53(59-46)39-13-15-43(57)16-14-39/h10-17,25-28,34,44,46H,8-9,18-24,29-32H2,1-7H3,(H,58,67)(H,68,69)/t34-,44?,46+/m1/s1. The van der Waals surface area contributed by atoms with Gasteiger partial charge in [0.05, 0.1) is 65.2 Å². The number of ether oxygens (including phenoxy) is 5. The highest BCUT2D eigenvalue weighted by Gasteiger charge is 2.35. The molecule has 0 radical (unpaired) electrons. The van der Waals surface area contributed by atoms with E-state index in [-0.39, 0.29) is 36.7 Å². The summed E-state index contributed by atoms with van der Waals surface area (Å²) >= 11 is 7.91. The molecule has 2 N–H and O–H groups in total. The fraction of sp³-hybridized carbons (Fsp3) is 0.411. The number of nitrogens with zero attached hydrogens (tertiary/aromatic N) is 8. The number of hydrogen-bond acceptors (Lipinski definition) is 15. The number of carboxylic acids is 1. The van der Waals surface area contributed by atoms with E-state index in [1.54, 1.807) is 42.3 Å². The first-order valence-electron chi connectivity index (χ1n) is 25.8. The number of nitrogens with one attached hydrogen (secondary N) is 1. The van der Waals surface area contributed by atoms with E-state index in [0.717, 1.165) is 55.5 Å². The minimum absolute atomic E-state index is 0.0625. The summed E-state index contributed by atoms with van der Waals surface area (Å²) < 4.78 is 62.9. The number of aromatic nitrogens is 6. The lowest BCUT2D eigenvalue weighted by Crippen LogP contribution is -2.35. The molecule has 0 saturated carbocycles. The number of rotatable bonds is 23. The largest absolute Gasteiger partial charge is 0.494 e. The van der Waals surface area contributed by atoms with Crippen LogP contribution in [0.15, 0.2) is 82.7 Å². The fourth-order valence-electron chi connectivity index (χ4n) is 9.91. The van der Waals surface area contributed by atoms with Gasteiger partial charge in [-0.05, 0) is 117 Å². The zero-order valence-electron chi connectivity index (χ0n) is 44.7. The predicted molar refractivity (Wildman–Crippen MR) is 296 cm³/mol. The van der Waals surface area contributed by atoms with Gasteiger partial charge in [0.15, 0.2) is 5.82 Å². The van der Waals surface area contributed by atoms with Crippen molar-refractivity contribution in [1.82, 2.24) is 39.4 Å². The number of carbonyl (C=O) groups excluding carboxylic acids is 1. The number of carboxylic acid groups (broad SMARTS) is 1. The molecule has 2 aliphatic rings. The van der Waals surface area contributed by atoms with Gasteiger partial charge in [-0.25, -0.2) is 13.1 Å². The molecule has 3 aromatic heterocycles. The highest BCUT2D eigenvalue weighted by Crippen LogP contribution is 2.41. The van der Waals surface area contributed by atoms with Crippen LogP contribution in [0.25, 0.3) is 16.0 Å². The number of halogens is 1. The van der Waals surface area contributed by atoms with E-state index >= 15 is 0 Å². The molecular formula is C56H64ClN9O10S2. The van der Waals surface area contributed by atoms with Crippen LogP contribution in [0.2, 0.25) is 5.02 Å². The molecule has 7 aromatic rings. The highest BCUT2D eigenvalue weighted by molar-refractivity contribution is 7.89. The van der Waals surface area contributed by atoms with Gasteiger partial charge in [0.25, 0.3) is 0 Å². The summed E-state index contributed by atoms with van der Waals surface area (Å²) in [6.07, 6.45) is 0.771. The molecule has 4 aromatic carbocycles. The number of carbonyl (C=O) groups is 2. The molecule has 5 heterocycles. The van der Waals surface area contributed by atoms with Gasteiger partial charge in [0.1, 0.15) is 50.4 Å². The lowest BCUT2D eigenvalue weighted by atomic mass is 9.86. The molecule has 22 heteroatoms. The zero-order chi connectivity index (χ0) is 55.3.